The van der Waals surface area contributed by atoms with Gasteiger partial charge in [0.2, 0.25) is 0 Å². The van der Waals surface area contributed by atoms with Crippen LogP contribution in [-0.2, 0) is 6.42 Å². The van der Waals surface area contributed by atoms with Gasteiger partial charge in [-0.25, -0.2) is 0 Å². The summed E-state index contributed by atoms with van der Waals surface area (Å²) in [5.74, 6) is 0. The lowest BCUT2D eigenvalue weighted by molar-refractivity contribution is 1.27. The molecule has 0 spiro atoms. The van der Waals surface area contributed by atoms with Gasteiger partial charge in [-0.2, -0.15) is 0 Å². The minimum Gasteiger partial charge on any atom is -0.0619 e. The summed E-state index contributed by atoms with van der Waals surface area (Å²) in [6, 6.07) is 20.0. The Morgan fingerprint density at radius 2 is 1.61 bits per heavy atom. The van der Waals surface area contributed by atoms with Crippen LogP contribution in [0.3, 0.4) is 0 Å². The highest BCUT2D eigenvalue weighted by Crippen LogP contribution is 2.41. The molecular weight excluding hydrogens is 216 g/mol. The van der Waals surface area contributed by atoms with Gasteiger partial charge < -0.3 is 0 Å². The second kappa shape index (κ2) is 3.46. The molecule has 0 N–H and O–H groups in total. The first-order valence-electron chi connectivity index (χ1n) is 6.44. The lowest BCUT2D eigenvalue weighted by atomic mass is 9.96. The molecule has 4 rings (SSSR count). The molecule has 86 valence electrons. The van der Waals surface area contributed by atoms with Crippen LogP contribution in [-0.4, -0.2) is 0 Å². The molecule has 0 unspecified atom stereocenters. The van der Waals surface area contributed by atoms with Crippen molar-refractivity contribution in [3.63, 3.8) is 0 Å². The standard InChI is InChI=1S/C18H14/c1-12-5-4-8-17-15(12)10-9-14-11-13-6-2-3-7-16(13)18(14)17/h2-10H,11H2,1H3. The van der Waals surface area contributed by atoms with E-state index in [-0.39, 0.29) is 0 Å². The molecule has 0 aromatic heterocycles. The number of hydrogen-bond donors (Lipinski definition) is 0. The fraction of sp³-hybridized carbons (Fsp3) is 0.111. The molecular formula is C18H14. The van der Waals surface area contributed by atoms with E-state index in [9.17, 15) is 0 Å². The van der Waals surface area contributed by atoms with Crippen LogP contribution in [0.1, 0.15) is 16.7 Å². The second-order valence-electron chi connectivity index (χ2n) is 5.10. The summed E-state index contributed by atoms with van der Waals surface area (Å²) in [6.07, 6.45) is 1.08. The summed E-state index contributed by atoms with van der Waals surface area (Å²) in [5, 5.41) is 2.78. The van der Waals surface area contributed by atoms with Gasteiger partial charge in [-0.15, -0.1) is 0 Å². The topological polar surface area (TPSA) is 0 Å². The highest BCUT2D eigenvalue weighted by Gasteiger charge is 2.19. The molecule has 0 heterocycles. The Balaban J connectivity index is 2.17. The van der Waals surface area contributed by atoms with Gasteiger partial charge in [0.05, 0.1) is 0 Å². The van der Waals surface area contributed by atoms with E-state index in [2.05, 4.69) is 61.5 Å². The van der Waals surface area contributed by atoms with Crippen LogP contribution in [0.4, 0.5) is 0 Å². The van der Waals surface area contributed by atoms with E-state index in [0.29, 0.717) is 0 Å². The van der Waals surface area contributed by atoms with E-state index in [0.717, 1.165) is 6.42 Å². The van der Waals surface area contributed by atoms with Crippen molar-refractivity contribution in [2.45, 2.75) is 13.3 Å². The van der Waals surface area contributed by atoms with Gasteiger partial charge in [0, 0.05) is 0 Å². The molecule has 1 aliphatic rings. The summed E-state index contributed by atoms with van der Waals surface area (Å²) < 4.78 is 0. The summed E-state index contributed by atoms with van der Waals surface area (Å²) in [4.78, 5) is 0. The van der Waals surface area contributed by atoms with E-state index in [4.69, 9.17) is 0 Å². The molecule has 18 heavy (non-hydrogen) atoms. The van der Waals surface area contributed by atoms with E-state index >= 15 is 0 Å². The average Bonchev–Trinajstić information content (AvgIpc) is 2.77. The fourth-order valence-corrected chi connectivity index (χ4v) is 3.15. The maximum Gasteiger partial charge on any atom is -0.00132 e. The quantitative estimate of drug-likeness (QED) is 0.410. The molecule has 0 fully saturated rings. The molecule has 0 aliphatic heterocycles. The number of fused-ring (bicyclic) bond motifs is 5. The van der Waals surface area contributed by atoms with E-state index in [1.165, 1.54) is 38.6 Å². The zero-order valence-electron chi connectivity index (χ0n) is 10.4. The molecule has 0 radical (unpaired) electrons. The molecule has 0 saturated carbocycles. The first kappa shape index (κ1) is 9.90. The van der Waals surface area contributed by atoms with Crippen LogP contribution in [0.25, 0.3) is 21.9 Å². The molecule has 0 atom stereocenters. The van der Waals surface area contributed by atoms with E-state index in [1.54, 1.807) is 0 Å². The number of rotatable bonds is 0. The Morgan fingerprint density at radius 3 is 2.56 bits per heavy atom. The van der Waals surface area contributed by atoms with Crippen LogP contribution in [0.5, 0.6) is 0 Å². The fourth-order valence-electron chi connectivity index (χ4n) is 3.15. The SMILES string of the molecule is Cc1cccc2c3c(ccc12)Cc1ccccc1-3. The van der Waals surface area contributed by atoms with Crippen LogP contribution >= 0.6 is 0 Å². The van der Waals surface area contributed by atoms with Crippen molar-refractivity contribution in [1.29, 1.82) is 0 Å². The van der Waals surface area contributed by atoms with Gasteiger partial charge in [-0.1, -0.05) is 54.6 Å². The molecule has 0 bridgehead atoms. The van der Waals surface area contributed by atoms with Gasteiger partial charge in [0.25, 0.3) is 0 Å². The number of hydrogen-bond acceptors (Lipinski definition) is 0. The van der Waals surface area contributed by atoms with Gasteiger partial charge in [-0.05, 0) is 51.9 Å². The average molecular weight is 230 g/mol. The minimum absolute atomic E-state index is 1.08. The third-order valence-corrected chi connectivity index (χ3v) is 4.03. The van der Waals surface area contributed by atoms with E-state index < -0.39 is 0 Å². The number of aryl methyl sites for hydroxylation is 1. The summed E-state index contributed by atoms with van der Waals surface area (Å²) in [5.41, 5.74) is 7.16. The van der Waals surface area contributed by atoms with Crippen LogP contribution < -0.4 is 0 Å². The Kier molecular flexibility index (Phi) is 1.90. The molecule has 0 amide bonds. The lowest BCUT2D eigenvalue weighted by Gasteiger charge is -2.08. The second-order valence-corrected chi connectivity index (χ2v) is 5.10. The summed E-state index contributed by atoms with van der Waals surface area (Å²) >= 11 is 0. The largest absolute Gasteiger partial charge is 0.0619 e. The predicted octanol–water partition coefficient (Wildman–Crippen LogP) is 4.72. The molecule has 0 nitrogen and oxygen atoms in total. The maximum atomic E-state index is 2.30. The van der Waals surface area contributed by atoms with Crippen molar-refractivity contribution in [2.75, 3.05) is 0 Å². The maximum absolute atomic E-state index is 2.30. The lowest BCUT2D eigenvalue weighted by Crippen LogP contribution is -1.84. The molecule has 0 saturated heterocycles. The Morgan fingerprint density at radius 1 is 0.722 bits per heavy atom. The predicted molar refractivity (Wildman–Crippen MR) is 76.9 cm³/mol. The van der Waals surface area contributed by atoms with Gasteiger partial charge >= 0.3 is 0 Å². The third kappa shape index (κ3) is 1.20. The summed E-state index contributed by atoms with van der Waals surface area (Å²) in [7, 11) is 0. The third-order valence-electron chi connectivity index (χ3n) is 4.03. The van der Waals surface area contributed by atoms with Gasteiger partial charge in [0.15, 0.2) is 0 Å². The van der Waals surface area contributed by atoms with Crippen molar-refractivity contribution in [1.82, 2.24) is 0 Å². The number of benzene rings is 3. The first-order chi connectivity index (χ1) is 8.84. The zero-order valence-corrected chi connectivity index (χ0v) is 10.4. The van der Waals surface area contributed by atoms with Gasteiger partial charge in [0.1, 0.15) is 0 Å². The Labute approximate surface area is 107 Å². The van der Waals surface area contributed by atoms with E-state index in [1.807, 2.05) is 0 Å². The monoisotopic (exact) mass is 230 g/mol. The van der Waals surface area contributed by atoms with Gasteiger partial charge in [-0.3, -0.25) is 0 Å². The van der Waals surface area contributed by atoms with Crippen LogP contribution in [0.15, 0.2) is 54.6 Å². The summed E-state index contributed by atoms with van der Waals surface area (Å²) in [6.45, 7) is 2.19. The Hall–Kier alpha value is -2.08. The van der Waals surface area contributed by atoms with Crippen molar-refractivity contribution < 1.29 is 0 Å². The van der Waals surface area contributed by atoms with Crippen LogP contribution in [0.2, 0.25) is 0 Å². The normalized spacial score (nSPS) is 12.5. The molecule has 3 aromatic carbocycles. The highest BCUT2D eigenvalue weighted by atomic mass is 14.2. The molecule has 0 heteroatoms. The zero-order chi connectivity index (χ0) is 12.1. The smallest absolute Gasteiger partial charge is 0.00132 e. The van der Waals surface area contributed by atoms with Crippen molar-refractivity contribution >= 4 is 10.8 Å². The van der Waals surface area contributed by atoms with Crippen molar-refractivity contribution in [3.8, 4) is 11.1 Å². The molecule has 3 aromatic rings. The van der Waals surface area contributed by atoms with Crippen LogP contribution in [0, 0.1) is 6.92 Å². The van der Waals surface area contributed by atoms with Crippen molar-refractivity contribution in [3.05, 3.63) is 71.3 Å². The molecule has 1 aliphatic carbocycles. The van der Waals surface area contributed by atoms with Crippen molar-refractivity contribution in [2.24, 2.45) is 0 Å². The highest BCUT2D eigenvalue weighted by molar-refractivity contribution is 6.02. The Bertz CT molecular complexity index is 766. The minimum atomic E-state index is 1.08. The first-order valence-corrected chi connectivity index (χ1v) is 6.44.